The number of carbonyl (C=O) groups is 1. The smallest absolute Gasteiger partial charge is 0.332 e. The van der Waals surface area contributed by atoms with Crippen LogP contribution in [-0.2, 0) is 27.3 Å². The van der Waals surface area contributed by atoms with E-state index >= 15 is 0 Å². The molecule has 0 bridgehead atoms. The fourth-order valence-electron chi connectivity index (χ4n) is 3.43. The molecule has 0 radical (unpaired) electrons. The van der Waals surface area contributed by atoms with E-state index < -0.39 is 5.60 Å². The second-order valence-electron chi connectivity index (χ2n) is 8.92. The van der Waals surface area contributed by atoms with E-state index in [1.807, 2.05) is 70.2 Å². The topological polar surface area (TPSA) is 89.3 Å². The molecule has 3 aromatic rings. The minimum atomic E-state index is -0.526. The maximum absolute atomic E-state index is 11.8. The van der Waals surface area contributed by atoms with Gasteiger partial charge in [-0.3, -0.25) is 0 Å². The number of rotatable bonds is 9. The van der Waals surface area contributed by atoms with Crippen molar-refractivity contribution < 1.29 is 32.9 Å². The van der Waals surface area contributed by atoms with Gasteiger partial charge < -0.3 is 28.1 Å². The van der Waals surface area contributed by atoms with Crippen molar-refractivity contribution in [1.82, 2.24) is 4.98 Å². The van der Waals surface area contributed by atoms with Crippen molar-refractivity contribution in [2.45, 2.75) is 46.3 Å². The van der Waals surface area contributed by atoms with Gasteiger partial charge in [0.25, 0.3) is 0 Å². The number of aryl methyl sites for hydroxylation is 1. The van der Waals surface area contributed by atoms with Crippen molar-refractivity contribution in [2.75, 3.05) is 20.0 Å². The predicted octanol–water partition coefficient (Wildman–Crippen LogP) is 4.86. The third-order valence-corrected chi connectivity index (χ3v) is 4.93. The number of hydrogen-bond donors (Lipinski definition) is 0. The highest BCUT2D eigenvalue weighted by molar-refractivity contribution is 5.71. The molecule has 180 valence electrons. The van der Waals surface area contributed by atoms with E-state index in [1.165, 1.54) is 0 Å². The Balaban J connectivity index is 1.27. The summed E-state index contributed by atoms with van der Waals surface area (Å²) in [5.41, 5.74) is 2.05. The van der Waals surface area contributed by atoms with Crippen molar-refractivity contribution in [3.8, 4) is 28.7 Å². The van der Waals surface area contributed by atoms with Gasteiger partial charge in [-0.1, -0.05) is 12.1 Å². The summed E-state index contributed by atoms with van der Waals surface area (Å²) in [6, 6.07) is 13.2. The van der Waals surface area contributed by atoms with Crippen LogP contribution in [0.25, 0.3) is 11.5 Å². The van der Waals surface area contributed by atoms with Crippen molar-refractivity contribution in [3.63, 3.8) is 0 Å². The molecule has 1 aliphatic rings. The normalized spacial score (nSPS) is 12.6. The van der Waals surface area contributed by atoms with Gasteiger partial charge in [0.15, 0.2) is 11.5 Å². The van der Waals surface area contributed by atoms with Crippen LogP contribution in [0, 0.1) is 6.92 Å². The van der Waals surface area contributed by atoms with Crippen molar-refractivity contribution in [3.05, 3.63) is 59.5 Å². The number of hydrogen-bond acceptors (Lipinski definition) is 8. The van der Waals surface area contributed by atoms with Crippen molar-refractivity contribution >= 4 is 5.97 Å². The van der Waals surface area contributed by atoms with E-state index in [0.29, 0.717) is 24.7 Å². The van der Waals surface area contributed by atoms with Crippen LogP contribution in [0.1, 0.15) is 37.8 Å². The molecule has 1 aliphatic heterocycles. The Morgan fingerprint density at radius 1 is 1.09 bits per heavy atom. The zero-order chi connectivity index (χ0) is 24.1. The lowest BCUT2D eigenvalue weighted by Gasteiger charge is -2.19. The Morgan fingerprint density at radius 3 is 2.74 bits per heavy atom. The first-order valence-electron chi connectivity index (χ1n) is 11.1. The van der Waals surface area contributed by atoms with E-state index in [-0.39, 0.29) is 26.0 Å². The van der Waals surface area contributed by atoms with Crippen LogP contribution >= 0.6 is 0 Å². The molecule has 0 spiro atoms. The fourth-order valence-corrected chi connectivity index (χ4v) is 3.43. The van der Waals surface area contributed by atoms with E-state index in [4.69, 9.17) is 28.1 Å². The Kier molecular flexibility index (Phi) is 7.07. The summed E-state index contributed by atoms with van der Waals surface area (Å²) in [6.45, 7) is 8.22. The minimum Gasteiger partial charge on any atom is -0.493 e. The van der Waals surface area contributed by atoms with Crippen molar-refractivity contribution in [2.24, 2.45) is 0 Å². The first kappa shape index (κ1) is 23.6. The lowest BCUT2D eigenvalue weighted by atomic mass is 10.2. The van der Waals surface area contributed by atoms with E-state index in [1.54, 1.807) is 0 Å². The molecule has 0 amide bonds. The van der Waals surface area contributed by atoms with Crippen LogP contribution in [-0.4, -0.2) is 36.6 Å². The third-order valence-electron chi connectivity index (χ3n) is 4.93. The van der Waals surface area contributed by atoms with Gasteiger partial charge in [-0.2, -0.15) is 0 Å². The molecule has 0 atom stereocenters. The van der Waals surface area contributed by atoms with Gasteiger partial charge in [0.1, 0.15) is 23.7 Å². The maximum atomic E-state index is 11.8. The van der Waals surface area contributed by atoms with Crippen LogP contribution in [0.5, 0.6) is 17.2 Å². The van der Waals surface area contributed by atoms with Crippen LogP contribution in [0.3, 0.4) is 0 Å². The molecule has 1 aromatic heterocycles. The largest absolute Gasteiger partial charge is 0.493 e. The first-order chi connectivity index (χ1) is 16.3. The lowest BCUT2D eigenvalue weighted by molar-refractivity contribution is -0.160. The van der Waals surface area contributed by atoms with Gasteiger partial charge in [0.05, 0.1) is 18.9 Å². The number of ether oxygens (including phenoxy) is 5. The fraction of sp³-hybridized carbons (Fsp3) is 0.385. The van der Waals surface area contributed by atoms with Crippen molar-refractivity contribution in [1.29, 1.82) is 0 Å². The summed E-state index contributed by atoms with van der Waals surface area (Å²) < 4.78 is 33.3. The number of benzene rings is 2. The molecular formula is C26H29NO7. The van der Waals surface area contributed by atoms with E-state index in [9.17, 15) is 4.79 Å². The highest BCUT2D eigenvalue weighted by Gasteiger charge is 2.18. The molecule has 8 heteroatoms. The number of esters is 1. The average molecular weight is 468 g/mol. The Morgan fingerprint density at radius 2 is 1.91 bits per heavy atom. The summed E-state index contributed by atoms with van der Waals surface area (Å²) in [4.78, 5) is 16.4. The Bertz CT molecular complexity index is 1150. The molecule has 0 saturated heterocycles. The van der Waals surface area contributed by atoms with Gasteiger partial charge >= 0.3 is 5.97 Å². The third kappa shape index (κ3) is 6.29. The zero-order valence-electron chi connectivity index (χ0n) is 19.9. The molecular weight excluding hydrogens is 438 g/mol. The maximum Gasteiger partial charge on any atom is 0.332 e. The molecule has 0 N–H and O–H groups in total. The molecule has 0 unspecified atom stereocenters. The Hall–Kier alpha value is -3.52. The van der Waals surface area contributed by atoms with E-state index in [0.717, 1.165) is 34.1 Å². The molecule has 2 aromatic carbocycles. The van der Waals surface area contributed by atoms with Gasteiger partial charge in [0.2, 0.25) is 12.7 Å². The summed E-state index contributed by atoms with van der Waals surface area (Å²) in [5, 5.41) is 0. The first-order valence-corrected chi connectivity index (χ1v) is 11.1. The quantitative estimate of drug-likeness (QED) is 0.412. The number of aromatic nitrogens is 1. The van der Waals surface area contributed by atoms with E-state index in [2.05, 4.69) is 4.98 Å². The molecule has 8 nitrogen and oxygen atoms in total. The van der Waals surface area contributed by atoms with Gasteiger partial charge in [-0.05, 0) is 63.6 Å². The minimum absolute atomic E-state index is 0.0977. The molecule has 0 saturated carbocycles. The summed E-state index contributed by atoms with van der Waals surface area (Å²) in [6.07, 6.45) is 0.596. The number of carbonyl (C=O) groups excluding carboxylic acids is 1. The number of nitrogens with zero attached hydrogens (tertiary/aromatic N) is 1. The highest BCUT2D eigenvalue weighted by atomic mass is 16.7. The molecule has 2 heterocycles. The molecule has 0 fully saturated rings. The van der Waals surface area contributed by atoms with Crippen LogP contribution in [0.2, 0.25) is 0 Å². The molecule has 0 aliphatic carbocycles. The van der Waals surface area contributed by atoms with Crippen LogP contribution in [0.15, 0.2) is 46.9 Å². The number of oxazole rings is 1. The summed E-state index contributed by atoms with van der Waals surface area (Å²) in [7, 11) is 0. The van der Waals surface area contributed by atoms with Gasteiger partial charge in [-0.25, -0.2) is 9.78 Å². The number of fused-ring (bicyclic) bond motifs is 1. The summed E-state index contributed by atoms with van der Waals surface area (Å²) >= 11 is 0. The SMILES string of the molecule is Cc1oc(-c2ccc3c(c2)OCO3)nc1CCOc1cccc(COCC(=O)OC(C)(C)C)c1. The monoisotopic (exact) mass is 467 g/mol. The van der Waals surface area contributed by atoms with Gasteiger partial charge in [0, 0.05) is 12.0 Å². The zero-order valence-corrected chi connectivity index (χ0v) is 19.9. The molecule has 4 rings (SSSR count). The second kappa shape index (κ2) is 10.2. The summed E-state index contributed by atoms with van der Waals surface area (Å²) in [5.74, 6) is 3.03. The van der Waals surface area contributed by atoms with Gasteiger partial charge in [-0.15, -0.1) is 0 Å². The standard InChI is InChI=1S/C26H29NO7/c1-17-21(27-25(33-17)19-8-9-22-23(13-19)32-16-31-22)10-11-30-20-7-5-6-18(12-20)14-29-15-24(28)34-26(2,3)4/h5-9,12-13H,10-11,14-16H2,1-4H3. The average Bonchev–Trinajstić information content (AvgIpc) is 3.39. The predicted molar refractivity (Wildman–Crippen MR) is 124 cm³/mol. The molecule has 34 heavy (non-hydrogen) atoms. The Labute approximate surface area is 198 Å². The van der Waals surface area contributed by atoms with Crippen LogP contribution < -0.4 is 14.2 Å². The van der Waals surface area contributed by atoms with Crippen LogP contribution in [0.4, 0.5) is 0 Å². The lowest BCUT2D eigenvalue weighted by Crippen LogP contribution is -2.26. The second-order valence-corrected chi connectivity index (χ2v) is 8.92. The highest BCUT2D eigenvalue weighted by Crippen LogP contribution is 2.36.